The lowest BCUT2D eigenvalue weighted by atomic mass is 9.97. The molecule has 1 aliphatic carbocycles. The number of hydrogen-bond donors (Lipinski definition) is 1. The number of ether oxygens (including phenoxy) is 1. The molecule has 0 aromatic carbocycles. The quantitative estimate of drug-likeness (QED) is 0.506. The number of urea groups is 1. The van der Waals surface area contributed by atoms with Gasteiger partial charge >= 0.3 is 12.0 Å². The van der Waals surface area contributed by atoms with Crippen molar-refractivity contribution in [1.82, 2.24) is 9.80 Å². The van der Waals surface area contributed by atoms with Gasteiger partial charge in [-0.2, -0.15) is 0 Å². The van der Waals surface area contributed by atoms with Crippen LogP contribution in [0.1, 0.15) is 32.1 Å². The molecule has 1 N–H and O–H groups in total. The summed E-state index contributed by atoms with van der Waals surface area (Å²) in [5.74, 6) is -3.15. The number of carbonyl (C=O) groups excluding carboxylic acids is 3. The molecule has 3 rings (SSSR count). The number of rotatable bonds is 1. The van der Waals surface area contributed by atoms with Crippen molar-refractivity contribution in [3.8, 4) is 0 Å². The van der Waals surface area contributed by atoms with Gasteiger partial charge in [-0.15, -0.1) is 0 Å². The highest BCUT2D eigenvalue weighted by atomic mass is 32.2. The minimum Gasteiger partial charge on any atom is -0.438 e. The molecule has 3 aliphatic rings. The molecule has 0 aromatic heterocycles. The fourth-order valence-electron chi connectivity index (χ4n) is 3.56. The van der Waals surface area contributed by atoms with Gasteiger partial charge in [0.2, 0.25) is 20.7 Å². The van der Waals surface area contributed by atoms with Gasteiger partial charge in [-0.05, 0) is 18.9 Å². The Morgan fingerprint density at radius 3 is 2.36 bits per heavy atom. The largest absolute Gasteiger partial charge is 0.438 e. The molecule has 0 radical (unpaired) electrons. The first-order valence-corrected chi connectivity index (χ1v) is 9.53. The van der Waals surface area contributed by atoms with E-state index >= 15 is 0 Å². The summed E-state index contributed by atoms with van der Waals surface area (Å²) in [4.78, 5) is 35.8. The van der Waals surface area contributed by atoms with Crippen molar-refractivity contribution in [1.29, 1.82) is 0 Å². The maximum Gasteiger partial charge on any atom is 0.351 e. The summed E-state index contributed by atoms with van der Waals surface area (Å²) in [6, 6.07) is -0.715. The van der Waals surface area contributed by atoms with Crippen LogP contribution in [0.15, 0.2) is 11.0 Å². The van der Waals surface area contributed by atoms with Crippen molar-refractivity contribution in [2.75, 3.05) is 14.1 Å². The number of sulfone groups is 1. The SMILES string of the molecule is CN1C(=O)C(C=C2C(=O)OC3(CCCCC3)S2(=O)=O)C(O)N(C)C1=O. The van der Waals surface area contributed by atoms with E-state index in [1.807, 2.05) is 0 Å². The number of nitrogens with zero attached hydrogens (tertiary/aromatic N) is 2. The fraction of sp³-hybridized carbons (Fsp3) is 0.667. The number of aliphatic hydroxyl groups is 1. The molecule has 138 valence electrons. The van der Waals surface area contributed by atoms with Crippen LogP contribution in [0.4, 0.5) is 4.79 Å². The maximum absolute atomic E-state index is 12.9. The van der Waals surface area contributed by atoms with Crippen LogP contribution < -0.4 is 0 Å². The average Bonchev–Trinajstić information content (AvgIpc) is 2.75. The van der Waals surface area contributed by atoms with E-state index in [0.29, 0.717) is 12.8 Å². The second-order valence-electron chi connectivity index (χ2n) is 6.63. The van der Waals surface area contributed by atoms with Gasteiger partial charge in [0.05, 0.1) is 0 Å². The van der Waals surface area contributed by atoms with Gasteiger partial charge in [-0.1, -0.05) is 6.42 Å². The van der Waals surface area contributed by atoms with Gasteiger partial charge in [-0.25, -0.2) is 18.0 Å². The van der Waals surface area contributed by atoms with Crippen LogP contribution in [0.5, 0.6) is 0 Å². The zero-order chi connectivity index (χ0) is 18.6. The van der Waals surface area contributed by atoms with Crippen molar-refractivity contribution in [3.63, 3.8) is 0 Å². The topological polar surface area (TPSA) is 121 Å². The van der Waals surface area contributed by atoms with E-state index in [2.05, 4.69) is 0 Å². The smallest absolute Gasteiger partial charge is 0.351 e. The molecule has 10 heteroatoms. The van der Waals surface area contributed by atoms with E-state index < -0.39 is 49.7 Å². The summed E-state index contributed by atoms with van der Waals surface area (Å²) < 4.78 is 31.0. The van der Waals surface area contributed by atoms with Crippen LogP contribution in [0.25, 0.3) is 0 Å². The Balaban J connectivity index is 2.01. The van der Waals surface area contributed by atoms with Gasteiger partial charge in [-0.3, -0.25) is 9.69 Å². The van der Waals surface area contributed by atoms with Crippen molar-refractivity contribution < 1.29 is 32.6 Å². The van der Waals surface area contributed by atoms with Crippen LogP contribution in [-0.4, -0.2) is 66.5 Å². The molecule has 2 heterocycles. The summed E-state index contributed by atoms with van der Waals surface area (Å²) >= 11 is 0. The van der Waals surface area contributed by atoms with Gasteiger partial charge in [0.15, 0.2) is 4.91 Å². The Hall–Kier alpha value is -1.94. The van der Waals surface area contributed by atoms with Crippen molar-refractivity contribution >= 4 is 27.7 Å². The van der Waals surface area contributed by atoms with Gasteiger partial charge < -0.3 is 14.7 Å². The highest BCUT2D eigenvalue weighted by Crippen LogP contribution is 2.45. The lowest BCUT2D eigenvalue weighted by Gasteiger charge is -2.37. The van der Waals surface area contributed by atoms with Crippen molar-refractivity contribution in [2.45, 2.75) is 43.3 Å². The third-order valence-electron chi connectivity index (χ3n) is 5.13. The first-order valence-electron chi connectivity index (χ1n) is 8.04. The summed E-state index contributed by atoms with van der Waals surface area (Å²) in [6.45, 7) is 0. The lowest BCUT2D eigenvalue weighted by Crippen LogP contribution is -2.58. The molecule has 0 bridgehead atoms. The zero-order valence-corrected chi connectivity index (χ0v) is 14.8. The van der Waals surface area contributed by atoms with E-state index in [0.717, 1.165) is 22.3 Å². The Kier molecular flexibility index (Phi) is 4.15. The van der Waals surface area contributed by atoms with Gasteiger partial charge in [0, 0.05) is 26.9 Å². The van der Waals surface area contributed by atoms with Crippen LogP contribution in [0.3, 0.4) is 0 Å². The predicted octanol–water partition coefficient (Wildman–Crippen LogP) is -0.0393. The molecular weight excluding hydrogens is 352 g/mol. The van der Waals surface area contributed by atoms with Gasteiger partial charge in [0.1, 0.15) is 12.1 Å². The van der Waals surface area contributed by atoms with Crippen molar-refractivity contribution in [2.24, 2.45) is 5.92 Å². The lowest BCUT2D eigenvalue weighted by molar-refractivity contribution is -0.145. The second kappa shape index (κ2) is 5.80. The molecule has 2 unspecified atom stereocenters. The predicted molar refractivity (Wildman–Crippen MR) is 84.3 cm³/mol. The Labute approximate surface area is 145 Å². The molecule has 2 atom stereocenters. The monoisotopic (exact) mass is 372 g/mol. The maximum atomic E-state index is 12.9. The normalized spacial score (nSPS) is 33.2. The molecule has 25 heavy (non-hydrogen) atoms. The molecule has 9 nitrogen and oxygen atoms in total. The highest BCUT2D eigenvalue weighted by molar-refractivity contribution is 7.97. The van der Waals surface area contributed by atoms with E-state index in [-0.39, 0.29) is 12.8 Å². The average molecular weight is 372 g/mol. The summed E-state index contributed by atoms with van der Waals surface area (Å²) in [5, 5.41) is 10.2. The minimum atomic E-state index is -4.09. The van der Waals surface area contributed by atoms with E-state index in [1.54, 1.807) is 0 Å². The minimum absolute atomic E-state index is 0.220. The Bertz CT molecular complexity index is 767. The van der Waals surface area contributed by atoms with Crippen LogP contribution in [0.2, 0.25) is 0 Å². The van der Waals surface area contributed by atoms with E-state index in [1.165, 1.54) is 14.1 Å². The van der Waals surface area contributed by atoms with Gasteiger partial charge in [0.25, 0.3) is 0 Å². The number of imide groups is 1. The number of hydrogen-bond acceptors (Lipinski definition) is 7. The molecule has 1 saturated carbocycles. The van der Waals surface area contributed by atoms with Crippen molar-refractivity contribution in [3.05, 3.63) is 11.0 Å². The van der Waals surface area contributed by atoms with E-state index in [9.17, 15) is 27.9 Å². The summed E-state index contributed by atoms with van der Waals surface area (Å²) in [7, 11) is -1.58. The third-order valence-corrected chi connectivity index (χ3v) is 7.48. The third kappa shape index (κ3) is 2.46. The molecule has 3 amide bonds. The second-order valence-corrected chi connectivity index (χ2v) is 8.82. The number of amides is 3. The first-order chi connectivity index (χ1) is 11.6. The Morgan fingerprint density at radius 1 is 1.16 bits per heavy atom. The van der Waals surface area contributed by atoms with Crippen LogP contribution in [-0.2, 0) is 24.2 Å². The Morgan fingerprint density at radius 2 is 1.76 bits per heavy atom. The zero-order valence-electron chi connectivity index (χ0n) is 14.0. The molecule has 0 aromatic rings. The summed E-state index contributed by atoms with van der Waals surface area (Å²) in [6.07, 6.45) is 1.93. The molecule has 3 fully saturated rings. The number of carbonyl (C=O) groups is 3. The highest BCUT2D eigenvalue weighted by Gasteiger charge is 2.58. The fourth-order valence-corrected chi connectivity index (χ4v) is 5.56. The molecule has 2 saturated heterocycles. The molecule has 1 spiro atoms. The number of aliphatic hydroxyl groups excluding tert-OH is 1. The molecular formula is C15H20N2O7S. The first kappa shape index (κ1) is 17.9. The standard InChI is InChI=1S/C15H20N2O7S/c1-16-11(18)9(12(19)17(2)14(16)21)8-10-13(20)24-15(25(10,22)23)6-4-3-5-7-15/h8-9,11,18H,3-7H2,1-2H3. The number of esters is 1. The summed E-state index contributed by atoms with van der Waals surface area (Å²) in [5.41, 5.74) is 0. The van der Waals surface area contributed by atoms with E-state index in [4.69, 9.17) is 4.74 Å². The van der Waals surface area contributed by atoms with Crippen LogP contribution >= 0.6 is 0 Å². The van der Waals surface area contributed by atoms with Crippen LogP contribution in [0, 0.1) is 5.92 Å². The molecule has 2 aliphatic heterocycles.